The molecule has 1 aromatic rings. The fourth-order valence-corrected chi connectivity index (χ4v) is 3.87. The largest absolute Gasteiger partial charge is 0.507 e. The summed E-state index contributed by atoms with van der Waals surface area (Å²) < 4.78 is 5.70. The van der Waals surface area contributed by atoms with Crippen LogP contribution in [0, 0.1) is 20.8 Å². The van der Waals surface area contributed by atoms with Crippen LogP contribution in [0.1, 0.15) is 35.1 Å². The van der Waals surface area contributed by atoms with Crippen LogP contribution in [-0.2, 0) is 14.4 Å². The van der Waals surface area contributed by atoms with Gasteiger partial charge in [0.1, 0.15) is 5.57 Å². The number of nitrogens with zero attached hydrogens (tertiary/aromatic N) is 1. The Balaban J connectivity index is 1.92. The van der Waals surface area contributed by atoms with Crippen molar-refractivity contribution in [3.63, 3.8) is 0 Å². The first-order chi connectivity index (χ1) is 11.9. The smallest absolute Gasteiger partial charge is 0.343 e. The Kier molecular flexibility index (Phi) is 4.71. The monoisotopic (exact) mass is 343 g/mol. The fraction of sp³-hybridized carbons (Fsp3) is 0.450. The lowest BCUT2D eigenvalue weighted by Crippen LogP contribution is -2.45. The average molecular weight is 343 g/mol. The van der Waals surface area contributed by atoms with Gasteiger partial charge in [-0.1, -0.05) is 23.8 Å². The van der Waals surface area contributed by atoms with Crippen molar-refractivity contribution in [1.29, 1.82) is 0 Å². The normalized spacial score (nSPS) is 20.2. The molecule has 5 nitrogen and oxygen atoms in total. The lowest BCUT2D eigenvalue weighted by molar-refractivity contribution is -0.191. The first kappa shape index (κ1) is 17.7. The highest BCUT2D eigenvalue weighted by Gasteiger charge is 2.50. The van der Waals surface area contributed by atoms with Crippen molar-refractivity contribution in [3.8, 4) is 0 Å². The molecule has 1 fully saturated rings. The molecular weight excluding hydrogens is 318 g/mol. The molecule has 2 aliphatic heterocycles. The summed E-state index contributed by atoms with van der Waals surface area (Å²) in [5.74, 6) is -0.371. The van der Waals surface area contributed by atoms with E-state index in [1.807, 2.05) is 38.0 Å². The number of benzene rings is 1. The van der Waals surface area contributed by atoms with Gasteiger partial charge in [0.15, 0.2) is 11.4 Å². The van der Waals surface area contributed by atoms with Gasteiger partial charge in [-0.3, -0.25) is 4.84 Å². The van der Waals surface area contributed by atoms with Gasteiger partial charge in [-0.15, -0.1) is 6.58 Å². The number of hydroxylamine groups is 2. The second-order valence-corrected chi connectivity index (χ2v) is 6.89. The van der Waals surface area contributed by atoms with Crippen LogP contribution in [0.3, 0.4) is 0 Å². The van der Waals surface area contributed by atoms with Crippen LogP contribution in [0.4, 0.5) is 0 Å². The SMILES string of the molecule is C=CCON1CCC2(CC1)OC(=O)C(c1c(C)cc(C)cc1C)=C2O. The van der Waals surface area contributed by atoms with Crippen molar-refractivity contribution in [2.45, 2.75) is 39.2 Å². The number of hydrogen-bond donors (Lipinski definition) is 1. The minimum atomic E-state index is -0.926. The van der Waals surface area contributed by atoms with Gasteiger partial charge >= 0.3 is 5.97 Å². The predicted molar refractivity (Wildman–Crippen MR) is 96.0 cm³/mol. The maximum Gasteiger partial charge on any atom is 0.343 e. The molecule has 1 spiro atoms. The molecule has 0 bridgehead atoms. The number of carbonyl (C=O) groups excluding carboxylic acids is 1. The Labute approximate surface area is 148 Å². The maximum atomic E-state index is 12.6. The van der Waals surface area contributed by atoms with Crippen molar-refractivity contribution < 1.29 is 19.5 Å². The molecule has 1 aromatic carbocycles. The first-order valence-electron chi connectivity index (χ1n) is 8.62. The Morgan fingerprint density at radius 3 is 2.44 bits per heavy atom. The van der Waals surface area contributed by atoms with Gasteiger partial charge in [0.2, 0.25) is 0 Å². The highest BCUT2D eigenvalue weighted by Crippen LogP contribution is 2.44. The molecule has 1 saturated heterocycles. The second kappa shape index (κ2) is 6.65. The Bertz CT molecular complexity index is 719. The van der Waals surface area contributed by atoms with Gasteiger partial charge in [-0.05, 0) is 37.5 Å². The van der Waals surface area contributed by atoms with Crippen molar-refractivity contribution in [2.75, 3.05) is 19.7 Å². The molecule has 134 valence electrons. The number of ether oxygens (including phenoxy) is 1. The van der Waals surface area contributed by atoms with Crippen molar-refractivity contribution >= 4 is 11.5 Å². The van der Waals surface area contributed by atoms with Gasteiger partial charge in [-0.25, -0.2) is 4.79 Å². The number of esters is 1. The average Bonchev–Trinajstić information content (AvgIpc) is 2.78. The number of rotatable bonds is 4. The second-order valence-electron chi connectivity index (χ2n) is 6.89. The third-order valence-electron chi connectivity index (χ3n) is 4.99. The molecule has 0 aromatic heterocycles. The van der Waals surface area contributed by atoms with Crippen molar-refractivity contribution in [1.82, 2.24) is 5.06 Å². The highest BCUT2D eigenvalue weighted by atomic mass is 16.7. The van der Waals surface area contributed by atoms with Crippen LogP contribution in [0.5, 0.6) is 0 Å². The van der Waals surface area contributed by atoms with Crippen LogP contribution >= 0.6 is 0 Å². The maximum absolute atomic E-state index is 12.6. The molecule has 5 heteroatoms. The number of carbonyl (C=O) groups is 1. The number of hydrogen-bond acceptors (Lipinski definition) is 5. The number of piperidine rings is 1. The fourth-order valence-electron chi connectivity index (χ4n) is 3.87. The molecule has 25 heavy (non-hydrogen) atoms. The molecule has 0 aliphatic carbocycles. The van der Waals surface area contributed by atoms with Crippen molar-refractivity contribution in [3.05, 3.63) is 52.8 Å². The highest BCUT2D eigenvalue weighted by molar-refractivity contribution is 6.20. The molecule has 0 amide bonds. The summed E-state index contributed by atoms with van der Waals surface area (Å²) in [4.78, 5) is 18.1. The summed E-state index contributed by atoms with van der Waals surface area (Å²) >= 11 is 0. The van der Waals surface area contributed by atoms with Crippen LogP contribution in [0.2, 0.25) is 0 Å². The molecule has 1 N–H and O–H groups in total. The summed E-state index contributed by atoms with van der Waals surface area (Å²) in [6.45, 7) is 11.2. The van der Waals surface area contributed by atoms with E-state index in [1.54, 1.807) is 6.08 Å². The molecule has 0 saturated carbocycles. The van der Waals surface area contributed by atoms with Crippen LogP contribution < -0.4 is 0 Å². The van der Waals surface area contributed by atoms with Gasteiger partial charge in [0.05, 0.1) is 6.61 Å². The van der Waals surface area contributed by atoms with E-state index in [0.717, 1.165) is 22.3 Å². The summed E-state index contributed by atoms with van der Waals surface area (Å²) in [5, 5.41) is 12.8. The Hall–Kier alpha value is -2.11. The summed E-state index contributed by atoms with van der Waals surface area (Å²) in [7, 11) is 0. The van der Waals surface area contributed by atoms with E-state index >= 15 is 0 Å². The molecular formula is C20H25NO4. The molecule has 0 atom stereocenters. The standard InChI is InChI=1S/C20H25NO4/c1-5-10-24-21-8-6-20(7-9-21)18(22)17(19(23)25-20)16-14(3)11-13(2)12-15(16)4/h5,11-12,22H,1,6-10H2,2-4H3. The molecule has 2 aliphatic rings. The van der Waals surface area contributed by atoms with Gasteiger partial charge in [-0.2, -0.15) is 5.06 Å². The van der Waals surface area contributed by atoms with Gasteiger partial charge in [0.25, 0.3) is 0 Å². The Morgan fingerprint density at radius 2 is 1.88 bits per heavy atom. The topological polar surface area (TPSA) is 59.0 Å². The van der Waals surface area contributed by atoms with E-state index in [1.165, 1.54) is 0 Å². The molecule has 0 unspecified atom stereocenters. The number of aliphatic hydroxyl groups excluding tert-OH is 1. The summed E-state index contributed by atoms with van der Waals surface area (Å²) in [5.41, 5.74) is 3.25. The van der Waals surface area contributed by atoms with Gasteiger partial charge < -0.3 is 9.84 Å². The molecule has 3 rings (SSSR count). The zero-order valence-electron chi connectivity index (χ0n) is 15.1. The number of aryl methyl sites for hydroxylation is 3. The minimum absolute atomic E-state index is 0.0657. The number of aliphatic hydroxyl groups is 1. The van der Waals surface area contributed by atoms with E-state index in [9.17, 15) is 9.90 Å². The molecule has 2 heterocycles. The Morgan fingerprint density at radius 1 is 1.28 bits per heavy atom. The third-order valence-corrected chi connectivity index (χ3v) is 4.99. The zero-order chi connectivity index (χ0) is 18.2. The van der Waals surface area contributed by atoms with E-state index in [2.05, 4.69) is 6.58 Å². The van der Waals surface area contributed by atoms with Crippen LogP contribution in [0.25, 0.3) is 5.57 Å². The van der Waals surface area contributed by atoms with Crippen LogP contribution in [0.15, 0.2) is 30.5 Å². The lowest BCUT2D eigenvalue weighted by atomic mass is 9.86. The first-order valence-corrected chi connectivity index (χ1v) is 8.62. The van der Waals surface area contributed by atoms with Gasteiger partial charge in [0, 0.05) is 25.9 Å². The minimum Gasteiger partial charge on any atom is -0.507 e. The van der Waals surface area contributed by atoms with E-state index in [-0.39, 0.29) is 5.76 Å². The lowest BCUT2D eigenvalue weighted by Gasteiger charge is -2.37. The molecule has 0 radical (unpaired) electrons. The third kappa shape index (κ3) is 3.10. The quantitative estimate of drug-likeness (QED) is 0.671. The summed E-state index contributed by atoms with van der Waals surface area (Å²) in [6, 6.07) is 4.04. The summed E-state index contributed by atoms with van der Waals surface area (Å²) in [6.07, 6.45) is 2.71. The van der Waals surface area contributed by atoms with E-state index in [0.29, 0.717) is 38.1 Å². The van der Waals surface area contributed by atoms with E-state index < -0.39 is 11.6 Å². The van der Waals surface area contributed by atoms with Crippen molar-refractivity contribution in [2.24, 2.45) is 0 Å². The zero-order valence-corrected chi connectivity index (χ0v) is 15.1. The van der Waals surface area contributed by atoms with E-state index in [4.69, 9.17) is 9.57 Å². The predicted octanol–water partition coefficient (Wildman–Crippen LogP) is 3.39. The van der Waals surface area contributed by atoms with Crippen LogP contribution in [-0.4, -0.2) is 41.4 Å².